The van der Waals surface area contributed by atoms with E-state index in [2.05, 4.69) is 0 Å². The molecule has 0 saturated carbocycles. The van der Waals surface area contributed by atoms with Crippen LogP contribution in [0.4, 0.5) is 0 Å². The molecule has 1 aromatic carbocycles. The number of aldehydes is 1. The van der Waals surface area contributed by atoms with Crippen molar-refractivity contribution >= 4 is 27.7 Å². The second-order valence-electron chi connectivity index (χ2n) is 3.15. The molecule has 2 rings (SSSR count). The molecule has 3 heteroatoms. The predicted octanol–water partition coefficient (Wildman–Crippen LogP) is 3.03. The van der Waals surface area contributed by atoms with Crippen LogP contribution >= 0.6 is 11.3 Å². The summed E-state index contributed by atoms with van der Waals surface area (Å²) in [7, 11) is 1.64. The Balaban J connectivity index is 2.83. The summed E-state index contributed by atoms with van der Waals surface area (Å²) >= 11 is 1.54. The van der Waals surface area contributed by atoms with Crippen LogP contribution in [0.3, 0.4) is 0 Å². The topological polar surface area (TPSA) is 26.3 Å². The van der Waals surface area contributed by atoms with E-state index in [0.29, 0.717) is 0 Å². The van der Waals surface area contributed by atoms with Crippen molar-refractivity contribution in [3.63, 3.8) is 0 Å². The predicted molar refractivity (Wildman–Crippen MR) is 58.5 cm³/mol. The molecule has 0 unspecified atom stereocenters. The van der Waals surface area contributed by atoms with Crippen LogP contribution in [-0.2, 0) is 0 Å². The summed E-state index contributed by atoms with van der Waals surface area (Å²) in [6.45, 7) is 1.98. The number of aryl methyl sites for hydroxylation is 1. The summed E-state index contributed by atoms with van der Waals surface area (Å²) in [5.41, 5.74) is 1.82. The first-order valence-electron chi connectivity index (χ1n) is 4.27. The second kappa shape index (κ2) is 3.42. The van der Waals surface area contributed by atoms with Crippen LogP contribution in [0.5, 0.6) is 5.75 Å². The van der Waals surface area contributed by atoms with Gasteiger partial charge in [0.15, 0.2) is 6.29 Å². The molecular weight excluding hydrogens is 196 g/mol. The van der Waals surface area contributed by atoms with E-state index in [1.54, 1.807) is 18.4 Å². The fourth-order valence-corrected chi connectivity index (χ4v) is 2.51. The molecule has 0 aliphatic carbocycles. The van der Waals surface area contributed by atoms with Gasteiger partial charge in [0.2, 0.25) is 0 Å². The molecule has 0 spiro atoms. The van der Waals surface area contributed by atoms with Crippen LogP contribution in [0, 0.1) is 6.92 Å². The smallest absolute Gasteiger partial charge is 0.151 e. The highest BCUT2D eigenvalue weighted by Gasteiger charge is 2.08. The highest BCUT2D eigenvalue weighted by molar-refractivity contribution is 7.18. The third-order valence-corrected chi connectivity index (χ3v) is 3.18. The van der Waals surface area contributed by atoms with E-state index in [1.807, 2.05) is 24.4 Å². The summed E-state index contributed by atoms with van der Waals surface area (Å²) in [5.74, 6) is 0.844. The van der Waals surface area contributed by atoms with Crippen molar-refractivity contribution < 1.29 is 9.53 Å². The van der Waals surface area contributed by atoms with Gasteiger partial charge in [-0.05, 0) is 24.6 Å². The molecule has 72 valence electrons. The monoisotopic (exact) mass is 206 g/mol. The van der Waals surface area contributed by atoms with Gasteiger partial charge in [-0.2, -0.15) is 0 Å². The molecule has 2 nitrogen and oxygen atoms in total. The van der Waals surface area contributed by atoms with Crippen LogP contribution in [0.25, 0.3) is 10.1 Å². The van der Waals surface area contributed by atoms with Crippen molar-refractivity contribution in [1.29, 1.82) is 0 Å². The molecule has 0 aliphatic rings. The number of carbonyl (C=O) groups excluding carboxylic acids is 1. The first-order chi connectivity index (χ1) is 6.76. The summed E-state index contributed by atoms with van der Waals surface area (Å²) in [6.07, 6.45) is 0.894. The van der Waals surface area contributed by atoms with Gasteiger partial charge in [-0.25, -0.2) is 0 Å². The lowest BCUT2D eigenvalue weighted by Gasteiger charge is -2.00. The van der Waals surface area contributed by atoms with Crippen molar-refractivity contribution in [3.05, 3.63) is 28.6 Å². The van der Waals surface area contributed by atoms with Gasteiger partial charge in [-0.1, -0.05) is 0 Å². The van der Waals surface area contributed by atoms with E-state index in [-0.39, 0.29) is 0 Å². The Morgan fingerprint density at radius 2 is 2.21 bits per heavy atom. The Morgan fingerprint density at radius 3 is 2.86 bits per heavy atom. The Labute approximate surface area is 86.1 Å². The lowest BCUT2D eigenvalue weighted by molar-refractivity contribution is 0.112. The Morgan fingerprint density at radius 1 is 1.43 bits per heavy atom. The lowest BCUT2D eigenvalue weighted by Crippen LogP contribution is -1.84. The first-order valence-corrected chi connectivity index (χ1v) is 5.15. The molecular formula is C11H10O2S. The molecule has 0 saturated heterocycles. The number of ether oxygens (including phenoxy) is 1. The summed E-state index contributed by atoms with van der Waals surface area (Å²) in [4.78, 5) is 10.8. The van der Waals surface area contributed by atoms with Crippen molar-refractivity contribution in [2.45, 2.75) is 6.92 Å². The zero-order chi connectivity index (χ0) is 10.1. The van der Waals surface area contributed by atoms with E-state index in [1.165, 1.54) is 0 Å². The maximum absolute atomic E-state index is 10.8. The maximum Gasteiger partial charge on any atom is 0.151 e. The number of benzene rings is 1. The van der Waals surface area contributed by atoms with E-state index in [0.717, 1.165) is 33.2 Å². The Kier molecular flexibility index (Phi) is 2.25. The molecule has 1 heterocycles. The van der Waals surface area contributed by atoms with E-state index >= 15 is 0 Å². The standard InChI is InChI=1S/C11H10O2S/c1-7-3-8(5-12)11-9(4-7)10(13-2)6-14-11/h3-6H,1-2H3. The maximum atomic E-state index is 10.8. The van der Waals surface area contributed by atoms with Gasteiger partial charge >= 0.3 is 0 Å². The van der Waals surface area contributed by atoms with Gasteiger partial charge < -0.3 is 4.74 Å². The van der Waals surface area contributed by atoms with Crippen molar-refractivity contribution in [3.8, 4) is 5.75 Å². The lowest BCUT2D eigenvalue weighted by atomic mass is 10.1. The SMILES string of the molecule is COc1csc2c(C=O)cc(C)cc12. The third kappa shape index (κ3) is 1.30. The summed E-state index contributed by atoms with van der Waals surface area (Å²) < 4.78 is 6.22. The molecule has 0 fully saturated rings. The molecule has 0 radical (unpaired) electrons. The second-order valence-corrected chi connectivity index (χ2v) is 4.03. The van der Waals surface area contributed by atoms with Crippen molar-refractivity contribution in [2.75, 3.05) is 7.11 Å². The third-order valence-electron chi connectivity index (χ3n) is 2.16. The van der Waals surface area contributed by atoms with E-state index < -0.39 is 0 Å². The summed E-state index contributed by atoms with van der Waals surface area (Å²) in [5, 5.41) is 2.96. The largest absolute Gasteiger partial charge is 0.495 e. The van der Waals surface area contributed by atoms with Crippen LogP contribution in [-0.4, -0.2) is 13.4 Å². The Hall–Kier alpha value is -1.35. The van der Waals surface area contributed by atoms with Crippen LogP contribution < -0.4 is 4.74 Å². The molecule has 0 N–H and O–H groups in total. The van der Waals surface area contributed by atoms with Gasteiger partial charge in [-0.15, -0.1) is 11.3 Å². The number of thiophene rings is 1. The van der Waals surface area contributed by atoms with Gasteiger partial charge in [0.1, 0.15) is 5.75 Å². The minimum absolute atomic E-state index is 0.744. The first kappa shape index (κ1) is 9.21. The number of rotatable bonds is 2. The Bertz CT molecular complexity index is 485. The van der Waals surface area contributed by atoms with Gasteiger partial charge in [0, 0.05) is 21.0 Å². The highest BCUT2D eigenvalue weighted by Crippen LogP contribution is 2.34. The van der Waals surface area contributed by atoms with Gasteiger partial charge in [0.05, 0.1) is 7.11 Å². The normalized spacial score (nSPS) is 10.4. The quantitative estimate of drug-likeness (QED) is 0.706. The van der Waals surface area contributed by atoms with Gasteiger partial charge in [-0.3, -0.25) is 4.79 Å². The molecule has 14 heavy (non-hydrogen) atoms. The summed E-state index contributed by atoms with van der Waals surface area (Å²) in [6, 6.07) is 3.93. The molecule has 1 aromatic heterocycles. The van der Waals surface area contributed by atoms with E-state index in [9.17, 15) is 4.79 Å². The zero-order valence-electron chi connectivity index (χ0n) is 8.03. The molecule has 0 atom stereocenters. The number of fused-ring (bicyclic) bond motifs is 1. The van der Waals surface area contributed by atoms with Crippen molar-refractivity contribution in [2.24, 2.45) is 0 Å². The average molecular weight is 206 g/mol. The number of hydrogen-bond donors (Lipinski definition) is 0. The molecule has 0 bridgehead atoms. The minimum Gasteiger partial charge on any atom is -0.495 e. The highest BCUT2D eigenvalue weighted by atomic mass is 32.1. The van der Waals surface area contributed by atoms with Crippen LogP contribution in [0.2, 0.25) is 0 Å². The van der Waals surface area contributed by atoms with E-state index in [4.69, 9.17) is 4.74 Å². The minimum atomic E-state index is 0.744. The molecule has 2 aromatic rings. The van der Waals surface area contributed by atoms with Gasteiger partial charge in [0.25, 0.3) is 0 Å². The average Bonchev–Trinajstić information content (AvgIpc) is 2.59. The fraction of sp³-hybridized carbons (Fsp3) is 0.182. The number of carbonyl (C=O) groups is 1. The van der Waals surface area contributed by atoms with Crippen LogP contribution in [0.1, 0.15) is 15.9 Å². The number of methoxy groups -OCH3 is 1. The number of hydrogen-bond acceptors (Lipinski definition) is 3. The fourth-order valence-electron chi connectivity index (χ4n) is 1.54. The van der Waals surface area contributed by atoms with Crippen molar-refractivity contribution in [1.82, 2.24) is 0 Å². The molecule has 0 amide bonds. The van der Waals surface area contributed by atoms with Crippen LogP contribution in [0.15, 0.2) is 17.5 Å². The zero-order valence-corrected chi connectivity index (χ0v) is 8.85. The molecule has 0 aliphatic heterocycles.